The molecule has 21 heavy (non-hydrogen) atoms. The second-order valence-corrected chi connectivity index (χ2v) is 5.39. The molecule has 2 amide bonds. The molecular formula is C14H19BrN2O4. The van der Waals surface area contributed by atoms with Gasteiger partial charge in [-0.15, -0.1) is 0 Å². The molecule has 0 aliphatic carbocycles. The van der Waals surface area contributed by atoms with E-state index in [9.17, 15) is 9.59 Å². The molecule has 0 fully saturated rings. The fourth-order valence-corrected chi connectivity index (χ4v) is 2.42. The van der Waals surface area contributed by atoms with Crippen molar-refractivity contribution in [2.75, 3.05) is 12.4 Å². The Labute approximate surface area is 132 Å². The summed E-state index contributed by atoms with van der Waals surface area (Å²) in [7, 11) is 1.56. The predicted molar refractivity (Wildman–Crippen MR) is 83.8 cm³/mol. The summed E-state index contributed by atoms with van der Waals surface area (Å²) in [4.78, 5) is 22.6. The lowest BCUT2D eigenvalue weighted by molar-refractivity contribution is -0.137. The minimum Gasteiger partial charge on any atom is -0.496 e. The number of rotatable bonds is 7. The van der Waals surface area contributed by atoms with Crippen LogP contribution in [-0.4, -0.2) is 30.3 Å². The summed E-state index contributed by atoms with van der Waals surface area (Å²) >= 11 is 3.33. The van der Waals surface area contributed by atoms with Gasteiger partial charge in [-0.05, 0) is 40.5 Å². The molecule has 0 spiro atoms. The Morgan fingerprint density at radius 1 is 1.43 bits per heavy atom. The first-order valence-electron chi connectivity index (χ1n) is 6.59. The van der Waals surface area contributed by atoms with E-state index in [1.807, 2.05) is 6.92 Å². The fourth-order valence-electron chi connectivity index (χ4n) is 1.88. The van der Waals surface area contributed by atoms with E-state index in [2.05, 4.69) is 26.6 Å². The van der Waals surface area contributed by atoms with Gasteiger partial charge in [0.05, 0.1) is 18.0 Å². The smallest absolute Gasteiger partial charge is 0.319 e. The van der Waals surface area contributed by atoms with E-state index in [1.165, 1.54) is 0 Å². The highest BCUT2D eigenvalue weighted by Gasteiger charge is 2.15. The summed E-state index contributed by atoms with van der Waals surface area (Å²) in [5, 5.41) is 14.2. The summed E-state index contributed by atoms with van der Waals surface area (Å²) in [6, 6.07) is 4.33. The van der Waals surface area contributed by atoms with Crippen LogP contribution in [-0.2, 0) is 4.79 Å². The quantitative estimate of drug-likeness (QED) is 0.698. The average Bonchev–Trinajstić information content (AvgIpc) is 2.38. The topological polar surface area (TPSA) is 87.7 Å². The van der Waals surface area contributed by atoms with Crippen molar-refractivity contribution in [2.45, 2.75) is 32.2 Å². The molecule has 0 aliphatic rings. The zero-order valence-electron chi connectivity index (χ0n) is 12.0. The number of carbonyl (C=O) groups excluding carboxylic acids is 1. The maximum Gasteiger partial charge on any atom is 0.319 e. The molecule has 0 radical (unpaired) electrons. The van der Waals surface area contributed by atoms with Crippen LogP contribution in [0.2, 0.25) is 0 Å². The number of aliphatic carboxylic acids is 1. The number of ether oxygens (including phenoxy) is 1. The molecule has 1 unspecified atom stereocenters. The summed E-state index contributed by atoms with van der Waals surface area (Å²) in [6.45, 7) is 1.94. The number of amides is 2. The Morgan fingerprint density at radius 3 is 2.67 bits per heavy atom. The van der Waals surface area contributed by atoms with Crippen molar-refractivity contribution in [1.82, 2.24) is 5.32 Å². The Bertz CT molecular complexity index is 508. The summed E-state index contributed by atoms with van der Waals surface area (Å²) in [6.07, 6.45) is 1.33. The zero-order chi connectivity index (χ0) is 15.8. The number of benzene rings is 1. The molecule has 6 nitrogen and oxygen atoms in total. The van der Waals surface area contributed by atoms with Crippen molar-refractivity contribution in [3.63, 3.8) is 0 Å². The lowest BCUT2D eigenvalue weighted by Crippen LogP contribution is -2.39. The van der Waals surface area contributed by atoms with E-state index in [0.717, 1.165) is 10.9 Å². The summed E-state index contributed by atoms with van der Waals surface area (Å²) in [5.41, 5.74) is 0.589. The molecule has 0 aliphatic heterocycles. The van der Waals surface area contributed by atoms with Gasteiger partial charge in [0.1, 0.15) is 5.75 Å². The first-order chi connectivity index (χ1) is 9.96. The second kappa shape index (κ2) is 8.51. The number of methoxy groups -OCH3 is 1. The predicted octanol–water partition coefficient (Wildman–Crippen LogP) is 3.22. The number of hydrogen-bond acceptors (Lipinski definition) is 3. The van der Waals surface area contributed by atoms with Gasteiger partial charge in [0.15, 0.2) is 0 Å². The van der Waals surface area contributed by atoms with Crippen molar-refractivity contribution in [3.05, 3.63) is 22.7 Å². The number of nitrogens with one attached hydrogen (secondary N) is 2. The molecule has 0 bridgehead atoms. The summed E-state index contributed by atoms with van der Waals surface area (Å²) in [5.74, 6) is -0.267. The molecule has 1 aromatic rings. The Balaban J connectivity index is 2.62. The minimum absolute atomic E-state index is 0.0897. The number of anilines is 1. The third-order valence-electron chi connectivity index (χ3n) is 2.80. The number of carboxylic acid groups (broad SMARTS) is 1. The second-order valence-electron chi connectivity index (χ2n) is 4.53. The summed E-state index contributed by atoms with van der Waals surface area (Å²) < 4.78 is 5.83. The third-order valence-corrected chi connectivity index (χ3v) is 3.42. The van der Waals surface area contributed by atoms with Gasteiger partial charge in [-0.2, -0.15) is 0 Å². The largest absolute Gasteiger partial charge is 0.496 e. The zero-order valence-corrected chi connectivity index (χ0v) is 13.6. The van der Waals surface area contributed by atoms with Crippen LogP contribution in [0.5, 0.6) is 5.75 Å². The fraction of sp³-hybridized carbons (Fsp3) is 0.429. The SMILES string of the molecule is CCCC(CC(=O)O)NC(=O)Nc1ccc(OC)c(Br)c1. The number of carboxylic acids is 1. The van der Waals surface area contributed by atoms with Gasteiger partial charge in [-0.25, -0.2) is 4.79 Å². The van der Waals surface area contributed by atoms with Gasteiger partial charge in [0.2, 0.25) is 0 Å². The normalized spacial score (nSPS) is 11.6. The number of carbonyl (C=O) groups is 2. The van der Waals surface area contributed by atoms with Crippen LogP contribution in [0.15, 0.2) is 22.7 Å². The highest BCUT2D eigenvalue weighted by Crippen LogP contribution is 2.27. The Hall–Kier alpha value is -1.76. The molecule has 0 saturated carbocycles. The molecule has 1 aromatic carbocycles. The van der Waals surface area contributed by atoms with Crippen molar-refractivity contribution >= 4 is 33.6 Å². The first-order valence-corrected chi connectivity index (χ1v) is 7.38. The molecule has 3 N–H and O–H groups in total. The number of urea groups is 1. The van der Waals surface area contributed by atoms with E-state index in [4.69, 9.17) is 9.84 Å². The highest BCUT2D eigenvalue weighted by molar-refractivity contribution is 9.10. The molecule has 116 valence electrons. The number of hydrogen-bond donors (Lipinski definition) is 3. The highest BCUT2D eigenvalue weighted by atomic mass is 79.9. The van der Waals surface area contributed by atoms with E-state index in [0.29, 0.717) is 17.9 Å². The molecule has 1 atom stereocenters. The van der Waals surface area contributed by atoms with Crippen LogP contribution in [0.25, 0.3) is 0 Å². The van der Waals surface area contributed by atoms with Crippen LogP contribution in [0.4, 0.5) is 10.5 Å². The van der Waals surface area contributed by atoms with Crippen molar-refractivity contribution < 1.29 is 19.4 Å². The van der Waals surface area contributed by atoms with E-state index >= 15 is 0 Å². The van der Waals surface area contributed by atoms with Gasteiger partial charge < -0.3 is 20.5 Å². The van der Waals surface area contributed by atoms with E-state index < -0.39 is 12.0 Å². The Morgan fingerprint density at radius 2 is 2.14 bits per heavy atom. The minimum atomic E-state index is -0.930. The van der Waals surface area contributed by atoms with Crippen LogP contribution in [0.1, 0.15) is 26.2 Å². The molecule has 1 rings (SSSR count). The third kappa shape index (κ3) is 6.03. The van der Waals surface area contributed by atoms with Crippen LogP contribution in [0, 0.1) is 0 Å². The first kappa shape index (κ1) is 17.3. The van der Waals surface area contributed by atoms with Crippen molar-refractivity contribution in [2.24, 2.45) is 0 Å². The Kier molecular flexibility index (Phi) is 7.01. The maximum absolute atomic E-state index is 11.9. The monoisotopic (exact) mass is 358 g/mol. The van der Waals surface area contributed by atoms with Gasteiger partial charge in [-0.3, -0.25) is 4.79 Å². The van der Waals surface area contributed by atoms with E-state index in [1.54, 1.807) is 25.3 Å². The van der Waals surface area contributed by atoms with Crippen molar-refractivity contribution in [1.29, 1.82) is 0 Å². The average molecular weight is 359 g/mol. The molecule has 7 heteroatoms. The van der Waals surface area contributed by atoms with Gasteiger partial charge in [0, 0.05) is 11.7 Å². The molecule has 0 saturated heterocycles. The van der Waals surface area contributed by atoms with Gasteiger partial charge >= 0.3 is 12.0 Å². The van der Waals surface area contributed by atoms with Crippen LogP contribution in [0.3, 0.4) is 0 Å². The molecular weight excluding hydrogens is 340 g/mol. The number of halogens is 1. The van der Waals surface area contributed by atoms with E-state index in [-0.39, 0.29) is 12.5 Å². The lowest BCUT2D eigenvalue weighted by atomic mass is 10.1. The standard InChI is InChI=1S/C14H19BrN2O4/c1-3-4-9(8-13(18)19)16-14(20)17-10-5-6-12(21-2)11(15)7-10/h5-7,9H,3-4,8H2,1-2H3,(H,18,19)(H2,16,17,20). The van der Waals surface area contributed by atoms with Gasteiger partial charge in [0.25, 0.3) is 0 Å². The molecule has 0 heterocycles. The van der Waals surface area contributed by atoms with Crippen molar-refractivity contribution in [3.8, 4) is 5.75 Å². The lowest BCUT2D eigenvalue weighted by Gasteiger charge is -2.17. The van der Waals surface area contributed by atoms with Crippen LogP contribution >= 0.6 is 15.9 Å². The van der Waals surface area contributed by atoms with Crippen LogP contribution < -0.4 is 15.4 Å². The maximum atomic E-state index is 11.9. The van der Waals surface area contributed by atoms with Gasteiger partial charge in [-0.1, -0.05) is 13.3 Å². The molecule has 0 aromatic heterocycles.